The fourth-order valence-corrected chi connectivity index (χ4v) is 3.57. The fraction of sp³-hybridized carbons (Fsp3) is 0.688. The molecule has 0 unspecified atom stereocenters. The molecule has 0 aromatic carbocycles. The van der Waals surface area contributed by atoms with Gasteiger partial charge in [0.15, 0.2) is 0 Å². The van der Waals surface area contributed by atoms with Gasteiger partial charge >= 0.3 is 0 Å². The van der Waals surface area contributed by atoms with Gasteiger partial charge in [-0.25, -0.2) is 0 Å². The maximum absolute atomic E-state index is 10.1. The van der Waals surface area contributed by atoms with Crippen molar-refractivity contribution in [3.8, 4) is 0 Å². The molecular formula is C16H24N2O2. The van der Waals surface area contributed by atoms with Crippen molar-refractivity contribution in [2.75, 3.05) is 18.0 Å². The second kappa shape index (κ2) is 5.70. The molecule has 20 heavy (non-hydrogen) atoms. The van der Waals surface area contributed by atoms with Gasteiger partial charge in [-0.1, -0.05) is 6.92 Å². The Hall–Kier alpha value is -1.13. The molecule has 1 aromatic rings. The van der Waals surface area contributed by atoms with Crippen molar-refractivity contribution in [2.45, 2.75) is 56.8 Å². The molecule has 0 saturated carbocycles. The normalized spacial score (nSPS) is 29.6. The lowest BCUT2D eigenvalue weighted by Crippen LogP contribution is -2.52. The third kappa shape index (κ3) is 2.81. The molecule has 2 saturated heterocycles. The summed E-state index contributed by atoms with van der Waals surface area (Å²) in [6.07, 6.45) is 8.31. The van der Waals surface area contributed by atoms with Gasteiger partial charge in [0.25, 0.3) is 0 Å². The summed E-state index contributed by atoms with van der Waals surface area (Å²) in [5.74, 6) is 0. The van der Waals surface area contributed by atoms with Crippen LogP contribution in [0.2, 0.25) is 0 Å². The van der Waals surface area contributed by atoms with Gasteiger partial charge in [0.05, 0.1) is 17.8 Å². The SMILES string of the molecule is CC[C@H]1C[C@@H](O)CC2(CCN(c3ccncc3)CC2)O1. The van der Waals surface area contributed by atoms with Crippen LogP contribution in [0.3, 0.4) is 0 Å². The van der Waals surface area contributed by atoms with Crippen molar-refractivity contribution in [3.63, 3.8) is 0 Å². The van der Waals surface area contributed by atoms with Crippen LogP contribution in [0.5, 0.6) is 0 Å². The number of pyridine rings is 1. The first kappa shape index (κ1) is 13.8. The van der Waals surface area contributed by atoms with Crippen molar-refractivity contribution in [3.05, 3.63) is 24.5 Å². The molecule has 110 valence electrons. The predicted molar refractivity (Wildman–Crippen MR) is 78.8 cm³/mol. The summed E-state index contributed by atoms with van der Waals surface area (Å²) >= 11 is 0. The largest absolute Gasteiger partial charge is 0.393 e. The molecule has 0 aliphatic carbocycles. The number of rotatable bonds is 2. The highest BCUT2D eigenvalue weighted by molar-refractivity contribution is 5.45. The minimum Gasteiger partial charge on any atom is -0.393 e. The van der Waals surface area contributed by atoms with E-state index >= 15 is 0 Å². The van der Waals surface area contributed by atoms with Crippen LogP contribution in [0.1, 0.15) is 39.0 Å². The van der Waals surface area contributed by atoms with Crippen LogP contribution in [-0.4, -0.2) is 41.0 Å². The van der Waals surface area contributed by atoms with E-state index in [1.54, 1.807) is 0 Å². The van der Waals surface area contributed by atoms with Crippen LogP contribution in [0.4, 0.5) is 5.69 Å². The number of ether oxygens (including phenoxy) is 1. The van der Waals surface area contributed by atoms with Crippen LogP contribution in [0.25, 0.3) is 0 Å². The molecule has 3 heterocycles. The molecule has 1 N–H and O–H groups in total. The summed E-state index contributed by atoms with van der Waals surface area (Å²) in [6.45, 7) is 4.13. The lowest BCUT2D eigenvalue weighted by molar-refractivity contribution is -0.171. The van der Waals surface area contributed by atoms with E-state index in [4.69, 9.17) is 4.74 Å². The fourth-order valence-electron chi connectivity index (χ4n) is 3.57. The number of hydrogen-bond donors (Lipinski definition) is 1. The first-order valence-electron chi connectivity index (χ1n) is 7.72. The van der Waals surface area contributed by atoms with Crippen molar-refractivity contribution < 1.29 is 9.84 Å². The average molecular weight is 276 g/mol. The third-order valence-electron chi connectivity index (χ3n) is 4.72. The molecule has 0 amide bonds. The zero-order chi connectivity index (χ0) is 14.0. The van der Waals surface area contributed by atoms with Crippen LogP contribution in [-0.2, 0) is 4.74 Å². The number of piperidine rings is 1. The van der Waals surface area contributed by atoms with Crippen molar-refractivity contribution in [1.82, 2.24) is 4.98 Å². The number of aliphatic hydroxyl groups excluding tert-OH is 1. The Bertz CT molecular complexity index is 429. The van der Waals surface area contributed by atoms with Gasteiger partial charge in [0, 0.05) is 37.6 Å². The smallest absolute Gasteiger partial charge is 0.0744 e. The zero-order valence-electron chi connectivity index (χ0n) is 12.2. The third-order valence-corrected chi connectivity index (χ3v) is 4.72. The van der Waals surface area contributed by atoms with Crippen LogP contribution in [0, 0.1) is 0 Å². The van der Waals surface area contributed by atoms with Crippen LogP contribution in [0.15, 0.2) is 24.5 Å². The Morgan fingerprint density at radius 1 is 1.35 bits per heavy atom. The Balaban J connectivity index is 1.65. The Morgan fingerprint density at radius 3 is 2.70 bits per heavy atom. The van der Waals surface area contributed by atoms with Crippen molar-refractivity contribution in [2.24, 2.45) is 0 Å². The first-order chi connectivity index (χ1) is 9.71. The Morgan fingerprint density at radius 2 is 2.05 bits per heavy atom. The Kier molecular flexibility index (Phi) is 3.94. The van der Waals surface area contributed by atoms with Gasteiger partial charge in [-0.05, 0) is 37.8 Å². The number of aromatic nitrogens is 1. The van der Waals surface area contributed by atoms with E-state index in [9.17, 15) is 5.11 Å². The lowest BCUT2D eigenvalue weighted by atomic mass is 9.81. The minimum atomic E-state index is -0.193. The standard InChI is InChI=1S/C16H24N2O2/c1-2-15-11-14(19)12-16(20-15)5-9-18(10-6-16)13-3-7-17-8-4-13/h3-4,7-8,14-15,19H,2,5-6,9-12H2,1H3/t14-,15+/m1/s1. The summed E-state index contributed by atoms with van der Waals surface area (Å²) in [5.41, 5.74) is 1.14. The molecule has 2 aliphatic rings. The average Bonchev–Trinajstić information content (AvgIpc) is 2.48. The molecule has 0 radical (unpaired) electrons. The summed E-state index contributed by atoms with van der Waals surface area (Å²) in [4.78, 5) is 6.46. The number of anilines is 1. The van der Waals surface area contributed by atoms with E-state index < -0.39 is 0 Å². The number of aliphatic hydroxyl groups is 1. The van der Waals surface area contributed by atoms with Gasteiger partial charge in [0.1, 0.15) is 0 Å². The minimum absolute atomic E-state index is 0.0954. The first-order valence-corrected chi connectivity index (χ1v) is 7.72. The lowest BCUT2D eigenvalue weighted by Gasteiger charge is -2.48. The number of hydrogen-bond acceptors (Lipinski definition) is 4. The molecule has 4 nitrogen and oxygen atoms in total. The highest BCUT2D eigenvalue weighted by atomic mass is 16.5. The van der Waals surface area contributed by atoms with Gasteiger partial charge in [0.2, 0.25) is 0 Å². The van der Waals surface area contributed by atoms with Gasteiger partial charge in [-0.3, -0.25) is 4.98 Å². The molecule has 1 spiro atoms. The molecule has 0 bridgehead atoms. The maximum atomic E-state index is 10.1. The van der Waals surface area contributed by atoms with Gasteiger partial charge in [-0.2, -0.15) is 0 Å². The maximum Gasteiger partial charge on any atom is 0.0744 e. The van der Waals surface area contributed by atoms with Gasteiger partial charge in [-0.15, -0.1) is 0 Å². The van der Waals surface area contributed by atoms with E-state index in [2.05, 4.69) is 28.9 Å². The molecule has 4 heteroatoms. The van der Waals surface area contributed by atoms with Crippen LogP contribution < -0.4 is 4.90 Å². The topological polar surface area (TPSA) is 45.6 Å². The van der Waals surface area contributed by atoms with E-state index in [0.29, 0.717) is 0 Å². The molecular weight excluding hydrogens is 252 g/mol. The molecule has 2 fully saturated rings. The van der Waals surface area contributed by atoms with Crippen molar-refractivity contribution in [1.29, 1.82) is 0 Å². The summed E-state index contributed by atoms with van der Waals surface area (Å²) < 4.78 is 6.32. The summed E-state index contributed by atoms with van der Waals surface area (Å²) in [7, 11) is 0. The van der Waals surface area contributed by atoms with E-state index in [0.717, 1.165) is 45.2 Å². The zero-order valence-corrected chi connectivity index (χ0v) is 12.2. The van der Waals surface area contributed by atoms with E-state index in [1.165, 1.54) is 5.69 Å². The highest BCUT2D eigenvalue weighted by Gasteiger charge is 2.42. The monoisotopic (exact) mass is 276 g/mol. The second-order valence-corrected chi connectivity index (χ2v) is 6.12. The number of nitrogens with zero attached hydrogens (tertiary/aromatic N) is 2. The molecule has 1 aromatic heterocycles. The quantitative estimate of drug-likeness (QED) is 0.901. The van der Waals surface area contributed by atoms with E-state index in [-0.39, 0.29) is 17.8 Å². The van der Waals surface area contributed by atoms with Crippen molar-refractivity contribution >= 4 is 5.69 Å². The van der Waals surface area contributed by atoms with E-state index in [1.807, 2.05) is 12.4 Å². The predicted octanol–water partition coefficient (Wildman–Crippen LogP) is 2.37. The van der Waals surface area contributed by atoms with Gasteiger partial charge < -0.3 is 14.7 Å². The molecule has 2 atom stereocenters. The second-order valence-electron chi connectivity index (χ2n) is 6.12. The summed E-state index contributed by atoms with van der Waals surface area (Å²) in [6, 6.07) is 4.12. The Labute approximate surface area is 120 Å². The molecule has 3 rings (SSSR count). The summed E-state index contributed by atoms with van der Waals surface area (Å²) in [5, 5.41) is 10.1. The highest BCUT2D eigenvalue weighted by Crippen LogP contribution is 2.39. The molecule has 2 aliphatic heterocycles. The van der Waals surface area contributed by atoms with Crippen LogP contribution >= 0.6 is 0 Å².